The highest BCUT2D eigenvalue weighted by molar-refractivity contribution is 6.27. The molecule has 0 unspecified atom stereocenters. The molecule has 4 aromatic heterocycles. The Balaban J connectivity index is 1.38. The van der Waals surface area contributed by atoms with Gasteiger partial charge >= 0.3 is 0 Å². The first-order valence-electron chi connectivity index (χ1n) is 14.2. The number of nitrogens with zero attached hydrogens (tertiary/aromatic N) is 3. The molecule has 42 heavy (non-hydrogen) atoms. The second-order valence-corrected chi connectivity index (χ2v) is 11.0. The van der Waals surface area contributed by atoms with E-state index in [9.17, 15) is 0 Å². The fraction of sp³-hybridized carbons (Fsp3) is 0. The van der Waals surface area contributed by atoms with Crippen LogP contribution in [-0.2, 0) is 0 Å². The van der Waals surface area contributed by atoms with Gasteiger partial charge in [-0.1, -0.05) is 97.1 Å². The Labute approximate surface area is 239 Å². The Kier molecular flexibility index (Phi) is 4.15. The van der Waals surface area contributed by atoms with Crippen LogP contribution in [0, 0.1) is 0 Å². The Bertz CT molecular complexity index is 2680. The lowest BCUT2D eigenvalue weighted by Gasteiger charge is -2.14. The lowest BCUT2D eigenvalue weighted by molar-refractivity contribution is 0.653. The standard InChI is InChI=1S/C38H21N3O/c1-2-10-23(11-3-1)35-34-27-15-5-7-19-32(27)42-38(34)40-37(39-35)24-20-28-25-14-4-6-17-30(25)41-31-18-9-13-22-12-8-16-26(33(22)31)29(21-24)36(28)41/h1-21H. The Morgan fingerprint density at radius 1 is 0.500 bits per heavy atom. The second kappa shape index (κ2) is 7.93. The molecule has 0 aliphatic carbocycles. The molecule has 10 rings (SSSR count). The van der Waals surface area contributed by atoms with Crippen molar-refractivity contribution in [1.82, 2.24) is 14.4 Å². The molecule has 4 heteroatoms. The van der Waals surface area contributed by atoms with Gasteiger partial charge < -0.3 is 8.82 Å². The number of aromatic nitrogens is 3. The van der Waals surface area contributed by atoms with Gasteiger partial charge in [0.05, 0.1) is 27.6 Å². The molecule has 0 saturated carbocycles. The van der Waals surface area contributed by atoms with E-state index in [0.717, 1.165) is 33.2 Å². The average molecular weight is 536 g/mol. The summed E-state index contributed by atoms with van der Waals surface area (Å²) >= 11 is 0. The largest absolute Gasteiger partial charge is 0.438 e. The van der Waals surface area contributed by atoms with Crippen molar-refractivity contribution in [3.8, 4) is 22.6 Å². The number of rotatable bonds is 2. The molecule has 10 aromatic rings. The lowest BCUT2D eigenvalue weighted by atomic mass is 9.97. The molecule has 0 aliphatic heterocycles. The van der Waals surface area contributed by atoms with E-state index in [1.165, 1.54) is 48.9 Å². The van der Waals surface area contributed by atoms with Crippen LogP contribution in [0.15, 0.2) is 132 Å². The van der Waals surface area contributed by atoms with Gasteiger partial charge in [0.2, 0.25) is 5.71 Å². The van der Waals surface area contributed by atoms with E-state index in [-0.39, 0.29) is 0 Å². The molecule has 0 N–H and O–H groups in total. The zero-order chi connectivity index (χ0) is 27.4. The highest BCUT2D eigenvalue weighted by atomic mass is 16.3. The lowest BCUT2D eigenvalue weighted by Crippen LogP contribution is -1.96. The zero-order valence-corrected chi connectivity index (χ0v) is 22.4. The molecule has 4 heterocycles. The quantitative estimate of drug-likeness (QED) is 0.163. The van der Waals surface area contributed by atoms with Crippen molar-refractivity contribution < 1.29 is 4.42 Å². The molecule has 0 radical (unpaired) electrons. The molecular formula is C38H21N3O. The van der Waals surface area contributed by atoms with Crippen LogP contribution in [-0.4, -0.2) is 14.4 Å². The van der Waals surface area contributed by atoms with Gasteiger partial charge in [-0.2, -0.15) is 4.98 Å². The van der Waals surface area contributed by atoms with Gasteiger partial charge in [0.15, 0.2) is 5.82 Å². The van der Waals surface area contributed by atoms with E-state index < -0.39 is 0 Å². The van der Waals surface area contributed by atoms with Crippen molar-refractivity contribution in [2.75, 3.05) is 0 Å². The van der Waals surface area contributed by atoms with Crippen LogP contribution in [0.4, 0.5) is 0 Å². The highest BCUT2D eigenvalue weighted by Gasteiger charge is 2.22. The summed E-state index contributed by atoms with van der Waals surface area (Å²) in [6.45, 7) is 0. The summed E-state index contributed by atoms with van der Waals surface area (Å²) in [4.78, 5) is 10.3. The SMILES string of the molecule is c1ccc(-c2nc(-c3cc4c5cccc6cccc(c65)n5c6ccccc6c(c3)c45)nc3oc4ccccc4c23)cc1. The van der Waals surface area contributed by atoms with Gasteiger partial charge in [-0.15, -0.1) is 0 Å². The Hall–Kier alpha value is -5.74. The predicted molar refractivity (Wildman–Crippen MR) is 172 cm³/mol. The number of hydrogen-bond acceptors (Lipinski definition) is 3. The van der Waals surface area contributed by atoms with Crippen molar-refractivity contribution in [1.29, 1.82) is 0 Å². The maximum absolute atomic E-state index is 6.34. The fourth-order valence-electron chi connectivity index (χ4n) is 6.97. The maximum atomic E-state index is 6.34. The first-order chi connectivity index (χ1) is 20.8. The summed E-state index contributed by atoms with van der Waals surface area (Å²) in [6, 6.07) is 44.8. The summed E-state index contributed by atoms with van der Waals surface area (Å²) in [7, 11) is 0. The number of para-hydroxylation sites is 2. The summed E-state index contributed by atoms with van der Waals surface area (Å²) in [5.74, 6) is 0.654. The van der Waals surface area contributed by atoms with E-state index >= 15 is 0 Å². The molecule has 0 aliphatic rings. The predicted octanol–water partition coefficient (Wildman–Crippen LogP) is 10.0. The molecule has 0 spiro atoms. The van der Waals surface area contributed by atoms with Crippen molar-refractivity contribution in [2.45, 2.75) is 0 Å². The minimum Gasteiger partial charge on any atom is -0.438 e. The summed E-state index contributed by atoms with van der Waals surface area (Å²) in [6.07, 6.45) is 0. The smallest absolute Gasteiger partial charge is 0.231 e. The van der Waals surface area contributed by atoms with E-state index in [1.807, 2.05) is 36.4 Å². The van der Waals surface area contributed by atoms with Crippen molar-refractivity contribution in [3.63, 3.8) is 0 Å². The Morgan fingerprint density at radius 2 is 1.19 bits per heavy atom. The van der Waals surface area contributed by atoms with E-state index in [4.69, 9.17) is 14.4 Å². The average Bonchev–Trinajstić information content (AvgIpc) is 3.60. The zero-order valence-electron chi connectivity index (χ0n) is 22.4. The minimum atomic E-state index is 0.601. The Morgan fingerprint density at radius 3 is 2.07 bits per heavy atom. The topological polar surface area (TPSA) is 43.3 Å². The molecule has 0 bridgehead atoms. The molecule has 0 atom stereocenters. The van der Waals surface area contributed by atoms with E-state index in [2.05, 4.69) is 95.4 Å². The third kappa shape index (κ3) is 2.80. The van der Waals surface area contributed by atoms with E-state index in [1.54, 1.807) is 0 Å². The molecule has 6 aromatic carbocycles. The second-order valence-electron chi connectivity index (χ2n) is 11.0. The normalized spacial score (nSPS) is 12.3. The first kappa shape index (κ1) is 22.0. The van der Waals surface area contributed by atoms with Crippen LogP contribution in [0.1, 0.15) is 0 Å². The number of fused-ring (bicyclic) bond motifs is 8. The van der Waals surface area contributed by atoms with Gasteiger partial charge in [0.1, 0.15) is 5.58 Å². The number of benzene rings is 6. The number of pyridine rings is 1. The maximum Gasteiger partial charge on any atom is 0.231 e. The molecule has 4 nitrogen and oxygen atoms in total. The van der Waals surface area contributed by atoms with Gasteiger partial charge in [0, 0.05) is 38.1 Å². The fourth-order valence-corrected chi connectivity index (χ4v) is 6.97. The third-order valence-corrected chi connectivity index (χ3v) is 8.73. The van der Waals surface area contributed by atoms with Crippen molar-refractivity contribution in [3.05, 3.63) is 127 Å². The summed E-state index contributed by atoms with van der Waals surface area (Å²) in [5.41, 5.74) is 7.94. The number of furan rings is 1. The molecule has 0 amide bonds. The van der Waals surface area contributed by atoms with Crippen LogP contribution in [0.5, 0.6) is 0 Å². The summed E-state index contributed by atoms with van der Waals surface area (Å²) in [5, 5.41) is 9.31. The van der Waals surface area contributed by atoms with Crippen LogP contribution < -0.4 is 0 Å². The highest BCUT2D eigenvalue weighted by Crippen LogP contribution is 2.43. The molecular weight excluding hydrogens is 514 g/mol. The van der Waals surface area contributed by atoms with Crippen molar-refractivity contribution in [2.24, 2.45) is 0 Å². The van der Waals surface area contributed by atoms with Gasteiger partial charge in [-0.3, -0.25) is 0 Å². The van der Waals surface area contributed by atoms with Gasteiger partial charge in [-0.05, 0) is 41.1 Å². The van der Waals surface area contributed by atoms with Crippen LogP contribution >= 0.6 is 0 Å². The minimum absolute atomic E-state index is 0.601. The van der Waals surface area contributed by atoms with Gasteiger partial charge in [0.25, 0.3) is 0 Å². The molecule has 0 saturated heterocycles. The van der Waals surface area contributed by atoms with Gasteiger partial charge in [-0.25, -0.2) is 4.98 Å². The monoisotopic (exact) mass is 535 g/mol. The third-order valence-electron chi connectivity index (χ3n) is 8.73. The summed E-state index contributed by atoms with van der Waals surface area (Å²) < 4.78 is 8.77. The number of hydrogen-bond donors (Lipinski definition) is 0. The van der Waals surface area contributed by atoms with Crippen LogP contribution in [0.25, 0.3) is 93.6 Å². The first-order valence-corrected chi connectivity index (χ1v) is 14.2. The van der Waals surface area contributed by atoms with Crippen molar-refractivity contribution >= 4 is 70.9 Å². The van der Waals surface area contributed by atoms with Crippen LogP contribution in [0.3, 0.4) is 0 Å². The van der Waals surface area contributed by atoms with Crippen LogP contribution in [0.2, 0.25) is 0 Å². The molecule has 0 fully saturated rings. The molecule has 194 valence electrons. The van der Waals surface area contributed by atoms with E-state index in [0.29, 0.717) is 11.5 Å².